The van der Waals surface area contributed by atoms with Crippen molar-refractivity contribution >= 4 is 15.8 Å². The van der Waals surface area contributed by atoms with Crippen molar-refractivity contribution < 1.29 is 8.42 Å². The molecule has 96 valence electrons. The lowest BCUT2D eigenvalue weighted by Crippen LogP contribution is -2.22. The van der Waals surface area contributed by atoms with E-state index in [1.54, 1.807) is 20.0 Å². The molecule has 2 heterocycles. The van der Waals surface area contributed by atoms with E-state index in [0.717, 1.165) is 12.3 Å². The number of hydrogen-bond donors (Lipinski definition) is 2. The minimum absolute atomic E-state index is 0.302. The van der Waals surface area contributed by atoms with Crippen molar-refractivity contribution in [2.75, 3.05) is 4.72 Å². The van der Waals surface area contributed by atoms with Crippen LogP contribution in [0.4, 0.5) is 5.82 Å². The van der Waals surface area contributed by atoms with Crippen LogP contribution in [0.2, 0.25) is 0 Å². The highest BCUT2D eigenvalue weighted by molar-refractivity contribution is 7.92. The fourth-order valence-corrected chi connectivity index (χ4v) is 2.64. The van der Waals surface area contributed by atoms with E-state index in [2.05, 4.69) is 14.8 Å². The molecule has 0 aromatic carbocycles. The predicted octanol–water partition coefficient (Wildman–Crippen LogP) is 0.218. The third kappa shape index (κ3) is 2.28. The van der Waals surface area contributed by atoms with Crippen LogP contribution < -0.4 is 10.2 Å². The Morgan fingerprint density at radius 1 is 1.44 bits per heavy atom. The third-order valence-corrected chi connectivity index (χ3v) is 3.69. The first-order chi connectivity index (χ1) is 8.40. The number of nitrogens with one attached hydrogen (secondary N) is 2. The maximum absolute atomic E-state index is 12.0. The Balaban J connectivity index is 2.43. The molecule has 0 spiro atoms. The average Bonchev–Trinajstić information content (AvgIpc) is 2.57. The van der Waals surface area contributed by atoms with Crippen molar-refractivity contribution in [1.82, 2.24) is 14.8 Å². The Kier molecular flexibility index (Phi) is 2.95. The monoisotopic (exact) mass is 268 g/mol. The number of anilines is 1. The molecule has 0 aliphatic heterocycles. The molecule has 18 heavy (non-hydrogen) atoms. The molecule has 0 aliphatic rings. The number of pyridine rings is 1. The lowest BCUT2D eigenvalue weighted by atomic mass is 10.5. The van der Waals surface area contributed by atoms with Crippen LogP contribution in [0.5, 0.6) is 0 Å². The second kappa shape index (κ2) is 4.30. The first-order valence-corrected chi connectivity index (χ1v) is 6.59. The molecule has 0 amide bonds. The standard InChI is InChI=1S/C10H12N4O3S/c1-7-5-10(14(2)12-7)13-18(16,17)9-6-11-4-3-8(9)15/h3-6,13H,1-2H3,(H,11,15). The molecule has 0 radical (unpaired) electrons. The first kappa shape index (κ1) is 12.4. The molecule has 0 fully saturated rings. The SMILES string of the molecule is Cc1cc(NS(=O)(=O)c2c[nH]ccc2=O)n(C)n1. The van der Waals surface area contributed by atoms with E-state index < -0.39 is 15.5 Å². The van der Waals surface area contributed by atoms with Gasteiger partial charge in [-0.1, -0.05) is 0 Å². The average molecular weight is 268 g/mol. The number of H-pyrrole nitrogens is 1. The maximum Gasteiger partial charge on any atom is 0.268 e. The van der Waals surface area contributed by atoms with Crippen molar-refractivity contribution in [2.24, 2.45) is 7.05 Å². The van der Waals surface area contributed by atoms with Crippen molar-refractivity contribution in [3.63, 3.8) is 0 Å². The van der Waals surface area contributed by atoms with E-state index in [4.69, 9.17) is 0 Å². The van der Waals surface area contributed by atoms with Gasteiger partial charge in [0, 0.05) is 31.6 Å². The number of hydrogen-bond acceptors (Lipinski definition) is 4. The lowest BCUT2D eigenvalue weighted by molar-refractivity contribution is 0.599. The van der Waals surface area contributed by atoms with E-state index in [0.29, 0.717) is 11.5 Å². The topological polar surface area (TPSA) is 96.9 Å². The van der Waals surface area contributed by atoms with E-state index in [1.807, 2.05) is 0 Å². The number of rotatable bonds is 3. The zero-order valence-electron chi connectivity index (χ0n) is 9.84. The Bertz CT molecular complexity index is 730. The van der Waals surface area contributed by atoms with E-state index in [1.165, 1.54) is 10.9 Å². The summed E-state index contributed by atoms with van der Waals surface area (Å²) in [4.78, 5) is 13.7. The number of aromatic nitrogens is 3. The zero-order chi connectivity index (χ0) is 13.3. The minimum atomic E-state index is -3.91. The predicted molar refractivity (Wildman–Crippen MR) is 65.8 cm³/mol. The van der Waals surface area contributed by atoms with Crippen molar-refractivity contribution in [3.8, 4) is 0 Å². The fourth-order valence-electron chi connectivity index (χ4n) is 1.51. The van der Waals surface area contributed by atoms with Crippen LogP contribution in [0.3, 0.4) is 0 Å². The zero-order valence-corrected chi connectivity index (χ0v) is 10.7. The molecule has 2 rings (SSSR count). The van der Waals surface area contributed by atoms with Gasteiger partial charge in [0.05, 0.1) is 5.69 Å². The van der Waals surface area contributed by atoms with E-state index >= 15 is 0 Å². The molecule has 2 aromatic rings. The lowest BCUT2D eigenvalue weighted by Gasteiger charge is -2.06. The van der Waals surface area contributed by atoms with Crippen LogP contribution in [0.1, 0.15) is 5.69 Å². The summed E-state index contributed by atoms with van der Waals surface area (Å²) < 4.78 is 27.7. The van der Waals surface area contributed by atoms with Gasteiger partial charge in [0.15, 0.2) is 4.90 Å². The number of sulfonamides is 1. The summed E-state index contributed by atoms with van der Waals surface area (Å²) in [5.41, 5.74) is 0.109. The summed E-state index contributed by atoms with van der Waals surface area (Å²) in [6.07, 6.45) is 2.52. The highest BCUT2D eigenvalue weighted by atomic mass is 32.2. The van der Waals surface area contributed by atoms with Gasteiger partial charge in [-0.3, -0.25) is 14.2 Å². The van der Waals surface area contributed by atoms with Crippen LogP contribution in [0.15, 0.2) is 34.2 Å². The fraction of sp³-hybridized carbons (Fsp3) is 0.200. The summed E-state index contributed by atoms with van der Waals surface area (Å²) in [5.74, 6) is 0.302. The second-order valence-electron chi connectivity index (χ2n) is 3.77. The Morgan fingerprint density at radius 2 is 2.17 bits per heavy atom. The smallest absolute Gasteiger partial charge is 0.268 e. The van der Waals surface area contributed by atoms with Crippen LogP contribution in [0.25, 0.3) is 0 Å². The molecule has 0 bridgehead atoms. The molecular formula is C10H12N4O3S. The molecule has 0 saturated carbocycles. The maximum atomic E-state index is 12.0. The van der Waals surface area contributed by atoms with Crippen LogP contribution in [0, 0.1) is 6.92 Å². The number of nitrogens with zero attached hydrogens (tertiary/aromatic N) is 2. The van der Waals surface area contributed by atoms with Gasteiger partial charge in [0.2, 0.25) is 5.43 Å². The summed E-state index contributed by atoms with van der Waals surface area (Å²) >= 11 is 0. The Hall–Kier alpha value is -2.09. The van der Waals surface area contributed by atoms with Crippen LogP contribution in [-0.2, 0) is 17.1 Å². The summed E-state index contributed by atoms with van der Waals surface area (Å²) in [5, 5.41) is 4.02. The molecular weight excluding hydrogens is 256 g/mol. The highest BCUT2D eigenvalue weighted by Crippen LogP contribution is 2.13. The molecule has 0 atom stereocenters. The van der Waals surface area contributed by atoms with Gasteiger partial charge in [0.25, 0.3) is 10.0 Å². The normalized spacial score (nSPS) is 11.4. The van der Waals surface area contributed by atoms with Gasteiger partial charge in [-0.05, 0) is 6.92 Å². The molecule has 0 unspecified atom stereocenters. The van der Waals surface area contributed by atoms with Crippen molar-refractivity contribution in [3.05, 3.63) is 40.4 Å². The first-order valence-electron chi connectivity index (χ1n) is 5.11. The molecule has 0 aliphatic carbocycles. The quantitative estimate of drug-likeness (QED) is 0.832. The summed E-state index contributed by atoms with van der Waals surface area (Å²) in [7, 11) is -2.30. The molecule has 8 heteroatoms. The van der Waals surface area contributed by atoms with Gasteiger partial charge >= 0.3 is 0 Å². The van der Waals surface area contributed by atoms with Gasteiger partial charge in [0.1, 0.15) is 5.82 Å². The van der Waals surface area contributed by atoms with Crippen LogP contribution >= 0.6 is 0 Å². The van der Waals surface area contributed by atoms with Gasteiger partial charge in [-0.15, -0.1) is 0 Å². The van der Waals surface area contributed by atoms with Gasteiger partial charge in [-0.2, -0.15) is 5.10 Å². The minimum Gasteiger partial charge on any atom is -0.366 e. The van der Waals surface area contributed by atoms with Crippen molar-refractivity contribution in [2.45, 2.75) is 11.8 Å². The summed E-state index contributed by atoms with van der Waals surface area (Å²) in [6.45, 7) is 1.74. The van der Waals surface area contributed by atoms with E-state index in [9.17, 15) is 13.2 Å². The third-order valence-electron chi connectivity index (χ3n) is 2.32. The molecule has 7 nitrogen and oxygen atoms in total. The number of aromatic amines is 1. The highest BCUT2D eigenvalue weighted by Gasteiger charge is 2.19. The number of aryl methyl sites for hydroxylation is 2. The Labute approximate surface area is 104 Å². The summed E-state index contributed by atoms with van der Waals surface area (Å²) in [6, 6.07) is 2.73. The molecule has 0 saturated heterocycles. The van der Waals surface area contributed by atoms with Crippen LogP contribution in [-0.4, -0.2) is 23.2 Å². The largest absolute Gasteiger partial charge is 0.366 e. The second-order valence-corrected chi connectivity index (χ2v) is 5.42. The molecule has 2 aromatic heterocycles. The van der Waals surface area contributed by atoms with Crippen molar-refractivity contribution in [1.29, 1.82) is 0 Å². The Morgan fingerprint density at radius 3 is 2.72 bits per heavy atom. The molecule has 2 N–H and O–H groups in total. The van der Waals surface area contributed by atoms with Gasteiger partial charge in [-0.25, -0.2) is 8.42 Å². The van der Waals surface area contributed by atoms with Gasteiger partial charge < -0.3 is 4.98 Å². The van der Waals surface area contributed by atoms with E-state index in [-0.39, 0.29) is 4.90 Å².